The number of hydrogen-bond acceptors (Lipinski definition) is 5. The van der Waals surface area contributed by atoms with Gasteiger partial charge in [-0.25, -0.2) is 17.9 Å². The number of sulfonamides is 1. The van der Waals surface area contributed by atoms with Gasteiger partial charge >= 0.3 is 6.09 Å². The first-order chi connectivity index (χ1) is 13.1. The van der Waals surface area contributed by atoms with Gasteiger partial charge in [-0.15, -0.1) is 0 Å². The fourth-order valence-corrected chi connectivity index (χ4v) is 4.82. The van der Waals surface area contributed by atoms with Gasteiger partial charge < -0.3 is 14.8 Å². The highest BCUT2D eigenvalue weighted by atomic mass is 32.2. The first-order valence-electron chi connectivity index (χ1n) is 9.89. The van der Waals surface area contributed by atoms with Crippen LogP contribution < -0.4 is 10.0 Å². The van der Waals surface area contributed by atoms with Crippen molar-refractivity contribution in [3.63, 3.8) is 0 Å². The molecule has 2 aliphatic rings. The Labute approximate surface area is 167 Å². The molecule has 1 saturated carbocycles. The van der Waals surface area contributed by atoms with Crippen molar-refractivity contribution in [3.05, 3.63) is 29.8 Å². The monoisotopic (exact) mass is 410 g/mol. The zero-order valence-corrected chi connectivity index (χ0v) is 17.6. The third-order valence-corrected chi connectivity index (χ3v) is 6.37. The van der Waals surface area contributed by atoms with E-state index in [1.54, 1.807) is 39.0 Å². The zero-order chi connectivity index (χ0) is 20.4. The fourth-order valence-electron chi connectivity index (χ4n) is 3.46. The van der Waals surface area contributed by atoms with E-state index in [2.05, 4.69) is 10.0 Å². The van der Waals surface area contributed by atoms with Crippen LogP contribution in [0.3, 0.4) is 0 Å². The lowest BCUT2D eigenvalue weighted by molar-refractivity contribution is 0.0524. The second-order valence-corrected chi connectivity index (χ2v) is 10.2. The molecule has 1 aromatic carbocycles. The minimum absolute atomic E-state index is 0.0189. The van der Waals surface area contributed by atoms with Gasteiger partial charge in [-0.1, -0.05) is 31.4 Å². The molecule has 0 radical (unpaired) electrons. The molecule has 1 amide bonds. The summed E-state index contributed by atoms with van der Waals surface area (Å²) in [6.45, 7) is 5.72. The van der Waals surface area contributed by atoms with Crippen LogP contribution in [0.4, 0.5) is 4.79 Å². The van der Waals surface area contributed by atoms with Crippen LogP contribution in [0, 0.1) is 0 Å². The summed E-state index contributed by atoms with van der Waals surface area (Å²) in [6, 6.07) is 6.85. The van der Waals surface area contributed by atoms with Gasteiger partial charge in [0, 0.05) is 6.04 Å². The number of rotatable bonds is 6. The van der Waals surface area contributed by atoms with Gasteiger partial charge in [0.15, 0.2) is 0 Å². The quantitative estimate of drug-likeness (QED) is 0.702. The van der Waals surface area contributed by atoms with Crippen LogP contribution in [0.2, 0.25) is 0 Å². The average Bonchev–Trinajstić information content (AvgIpc) is 3.39. The van der Waals surface area contributed by atoms with Crippen molar-refractivity contribution >= 4 is 16.1 Å². The van der Waals surface area contributed by atoms with E-state index in [1.165, 1.54) is 6.42 Å². The highest BCUT2D eigenvalue weighted by Crippen LogP contribution is 2.39. The Balaban J connectivity index is 1.56. The lowest BCUT2D eigenvalue weighted by Crippen LogP contribution is -2.36. The summed E-state index contributed by atoms with van der Waals surface area (Å²) in [7, 11) is -3.55. The Hall–Kier alpha value is -1.64. The number of epoxide rings is 1. The number of benzene rings is 1. The number of amides is 1. The molecule has 7 nitrogen and oxygen atoms in total. The van der Waals surface area contributed by atoms with Crippen molar-refractivity contribution in [1.29, 1.82) is 0 Å². The van der Waals surface area contributed by atoms with E-state index >= 15 is 0 Å². The largest absolute Gasteiger partial charge is 0.444 e. The normalized spacial score (nSPS) is 23.2. The van der Waals surface area contributed by atoms with Gasteiger partial charge in [0.25, 0.3) is 0 Å². The Morgan fingerprint density at radius 1 is 1.21 bits per heavy atom. The predicted octanol–water partition coefficient (Wildman–Crippen LogP) is 3.26. The van der Waals surface area contributed by atoms with E-state index in [0.29, 0.717) is 6.54 Å². The summed E-state index contributed by atoms with van der Waals surface area (Å²) in [6.07, 6.45) is 4.19. The van der Waals surface area contributed by atoms with Crippen molar-refractivity contribution in [2.24, 2.45) is 0 Å². The Morgan fingerprint density at radius 2 is 1.93 bits per heavy atom. The van der Waals surface area contributed by atoms with Crippen LogP contribution in [0.1, 0.15) is 64.5 Å². The van der Waals surface area contributed by atoms with Crippen LogP contribution in [0.5, 0.6) is 0 Å². The van der Waals surface area contributed by atoms with Gasteiger partial charge in [0.05, 0.1) is 11.4 Å². The summed E-state index contributed by atoms with van der Waals surface area (Å²) in [5, 5.41) is 2.68. The van der Waals surface area contributed by atoms with E-state index in [0.717, 1.165) is 31.2 Å². The molecule has 1 saturated heterocycles. The molecule has 28 heavy (non-hydrogen) atoms. The van der Waals surface area contributed by atoms with E-state index in [1.807, 2.05) is 6.07 Å². The predicted molar refractivity (Wildman–Crippen MR) is 105 cm³/mol. The molecule has 0 bridgehead atoms. The number of nitrogens with one attached hydrogen (secondary N) is 2. The van der Waals surface area contributed by atoms with E-state index in [9.17, 15) is 13.2 Å². The summed E-state index contributed by atoms with van der Waals surface area (Å²) < 4.78 is 39.0. The molecular formula is C20H30N2O5S. The molecule has 1 aromatic rings. The molecule has 0 aromatic heterocycles. The maximum Gasteiger partial charge on any atom is 0.407 e. The molecule has 1 heterocycles. The van der Waals surface area contributed by atoms with Gasteiger partial charge in [-0.3, -0.25) is 0 Å². The number of carbonyl (C=O) groups excluding carboxylic acids is 1. The third kappa shape index (κ3) is 5.93. The van der Waals surface area contributed by atoms with Gasteiger partial charge in [-0.05, 0) is 51.3 Å². The standard InChI is InChI=1S/C20H30N2O5S/c1-20(2,3)27-19(23)21-13-17-18(26-17)14-8-7-11-16(12-14)28(24,25)22-15-9-5-4-6-10-15/h7-8,11-12,15,17-18,22H,4-6,9-10,13H2,1-3H3,(H,21,23). The highest BCUT2D eigenvalue weighted by Gasteiger charge is 2.41. The Bertz CT molecular complexity index is 797. The fraction of sp³-hybridized carbons (Fsp3) is 0.650. The molecule has 1 aliphatic carbocycles. The summed E-state index contributed by atoms with van der Waals surface area (Å²) in [5.41, 5.74) is 0.240. The van der Waals surface area contributed by atoms with Gasteiger partial charge in [-0.2, -0.15) is 0 Å². The maximum atomic E-state index is 12.7. The van der Waals surface area contributed by atoms with Crippen LogP contribution >= 0.6 is 0 Å². The lowest BCUT2D eigenvalue weighted by Gasteiger charge is -2.22. The van der Waals surface area contributed by atoms with Gasteiger partial charge in [0.1, 0.15) is 17.8 Å². The lowest BCUT2D eigenvalue weighted by atomic mass is 9.96. The van der Waals surface area contributed by atoms with E-state index in [4.69, 9.17) is 9.47 Å². The van der Waals surface area contributed by atoms with Crippen LogP contribution in [0.25, 0.3) is 0 Å². The maximum absolute atomic E-state index is 12.7. The number of ether oxygens (including phenoxy) is 2. The van der Waals surface area contributed by atoms with E-state index in [-0.39, 0.29) is 23.1 Å². The van der Waals surface area contributed by atoms with Crippen LogP contribution in [-0.4, -0.2) is 38.8 Å². The summed E-state index contributed by atoms with van der Waals surface area (Å²) >= 11 is 0. The number of hydrogen-bond donors (Lipinski definition) is 2. The molecular weight excluding hydrogens is 380 g/mol. The molecule has 2 unspecified atom stereocenters. The first kappa shape index (κ1) is 21.1. The molecule has 156 valence electrons. The van der Waals surface area contributed by atoms with Gasteiger partial charge in [0.2, 0.25) is 10.0 Å². The second-order valence-electron chi connectivity index (χ2n) is 8.51. The SMILES string of the molecule is CC(C)(C)OC(=O)NCC1OC1c1cccc(S(=O)(=O)NC2CCCCC2)c1. The third-order valence-electron chi connectivity index (χ3n) is 4.85. The van der Waals surface area contributed by atoms with Crippen molar-refractivity contribution in [2.75, 3.05) is 6.54 Å². The minimum Gasteiger partial charge on any atom is -0.444 e. The van der Waals surface area contributed by atoms with E-state index < -0.39 is 21.7 Å². The van der Waals surface area contributed by atoms with Crippen LogP contribution in [0.15, 0.2) is 29.2 Å². The Morgan fingerprint density at radius 3 is 2.61 bits per heavy atom. The number of alkyl carbamates (subject to hydrolysis) is 1. The smallest absolute Gasteiger partial charge is 0.407 e. The molecule has 0 spiro atoms. The molecule has 2 fully saturated rings. The molecule has 8 heteroatoms. The summed E-state index contributed by atoms with van der Waals surface area (Å²) in [5.74, 6) is 0. The second kappa shape index (κ2) is 8.39. The topological polar surface area (TPSA) is 97.0 Å². The highest BCUT2D eigenvalue weighted by molar-refractivity contribution is 7.89. The molecule has 1 aliphatic heterocycles. The molecule has 2 N–H and O–H groups in total. The molecule has 2 atom stereocenters. The number of carbonyl (C=O) groups is 1. The minimum atomic E-state index is -3.55. The Kier molecular flexibility index (Phi) is 6.31. The van der Waals surface area contributed by atoms with Crippen molar-refractivity contribution < 1.29 is 22.7 Å². The van der Waals surface area contributed by atoms with Crippen LogP contribution in [-0.2, 0) is 19.5 Å². The van der Waals surface area contributed by atoms with Crippen molar-refractivity contribution in [3.8, 4) is 0 Å². The van der Waals surface area contributed by atoms with Crippen molar-refractivity contribution in [2.45, 2.75) is 81.6 Å². The molecule has 3 rings (SSSR count). The first-order valence-corrected chi connectivity index (χ1v) is 11.4. The summed E-state index contributed by atoms with van der Waals surface area (Å²) in [4.78, 5) is 12.0. The zero-order valence-electron chi connectivity index (χ0n) is 16.7. The van der Waals surface area contributed by atoms with Crippen molar-refractivity contribution in [1.82, 2.24) is 10.0 Å². The average molecular weight is 411 g/mol.